The second kappa shape index (κ2) is 7.46. The molecule has 1 N–H and O–H groups in total. The fourth-order valence-electron chi connectivity index (χ4n) is 2.92. The molecule has 0 radical (unpaired) electrons. The summed E-state index contributed by atoms with van der Waals surface area (Å²) in [6.07, 6.45) is 2.05. The van der Waals surface area contributed by atoms with Gasteiger partial charge in [-0.25, -0.2) is 0 Å². The zero-order valence-corrected chi connectivity index (χ0v) is 13.3. The van der Waals surface area contributed by atoms with E-state index in [1.807, 2.05) is 31.2 Å². The second-order valence-electron chi connectivity index (χ2n) is 5.68. The van der Waals surface area contributed by atoms with E-state index < -0.39 is 0 Å². The van der Waals surface area contributed by atoms with Crippen molar-refractivity contribution in [3.05, 3.63) is 29.8 Å². The number of hydrogen-bond donors (Lipinski definition) is 1. The molecule has 1 aliphatic heterocycles. The standard InChI is InChI=1S/C17H26N2O2/c1-4-10-19(15-8-9-18-12-15)17(20)13(2)14-6-5-7-16(11-14)21-3/h5-7,11,13,15,18H,4,8-10,12H2,1-3H3. The van der Waals surface area contributed by atoms with E-state index >= 15 is 0 Å². The van der Waals surface area contributed by atoms with Crippen molar-refractivity contribution in [3.8, 4) is 5.75 Å². The predicted molar refractivity (Wildman–Crippen MR) is 84.7 cm³/mol. The van der Waals surface area contributed by atoms with Crippen LogP contribution in [0.15, 0.2) is 24.3 Å². The van der Waals surface area contributed by atoms with Crippen LogP contribution in [0.1, 0.15) is 38.2 Å². The zero-order chi connectivity index (χ0) is 15.2. The summed E-state index contributed by atoms with van der Waals surface area (Å²) < 4.78 is 5.26. The molecule has 2 atom stereocenters. The number of nitrogens with zero attached hydrogens (tertiary/aromatic N) is 1. The van der Waals surface area contributed by atoms with Gasteiger partial charge in [0.15, 0.2) is 0 Å². The second-order valence-corrected chi connectivity index (χ2v) is 5.68. The number of rotatable bonds is 6. The Balaban J connectivity index is 2.14. The molecule has 1 saturated heterocycles. The molecule has 0 spiro atoms. The number of ether oxygens (including phenoxy) is 1. The number of hydrogen-bond acceptors (Lipinski definition) is 3. The molecular formula is C17H26N2O2. The van der Waals surface area contributed by atoms with E-state index in [1.165, 1.54) is 0 Å². The van der Waals surface area contributed by atoms with E-state index in [0.717, 1.165) is 43.8 Å². The highest BCUT2D eigenvalue weighted by Crippen LogP contribution is 2.24. The predicted octanol–water partition coefficient (Wildman–Crippen LogP) is 2.40. The van der Waals surface area contributed by atoms with Gasteiger partial charge in [-0.3, -0.25) is 4.79 Å². The van der Waals surface area contributed by atoms with E-state index in [0.29, 0.717) is 6.04 Å². The molecule has 2 rings (SSSR count). The van der Waals surface area contributed by atoms with Crippen molar-refractivity contribution in [2.24, 2.45) is 0 Å². The molecule has 2 unspecified atom stereocenters. The largest absolute Gasteiger partial charge is 0.497 e. The summed E-state index contributed by atoms with van der Waals surface area (Å²) in [7, 11) is 1.65. The molecule has 21 heavy (non-hydrogen) atoms. The molecule has 4 nitrogen and oxygen atoms in total. The van der Waals surface area contributed by atoms with Gasteiger partial charge in [-0.15, -0.1) is 0 Å². The molecule has 1 aromatic carbocycles. The molecule has 1 aromatic rings. The van der Waals surface area contributed by atoms with Crippen LogP contribution in [-0.4, -0.2) is 43.6 Å². The molecule has 0 saturated carbocycles. The fraction of sp³-hybridized carbons (Fsp3) is 0.588. The number of carbonyl (C=O) groups is 1. The summed E-state index contributed by atoms with van der Waals surface area (Å²) in [6, 6.07) is 8.15. The smallest absolute Gasteiger partial charge is 0.230 e. The lowest BCUT2D eigenvalue weighted by Gasteiger charge is -2.31. The van der Waals surface area contributed by atoms with Crippen molar-refractivity contribution in [1.29, 1.82) is 0 Å². The Kier molecular flexibility index (Phi) is 5.62. The van der Waals surface area contributed by atoms with Crippen molar-refractivity contribution in [3.63, 3.8) is 0 Å². The Morgan fingerprint density at radius 1 is 1.52 bits per heavy atom. The van der Waals surface area contributed by atoms with Crippen molar-refractivity contribution in [1.82, 2.24) is 10.2 Å². The first-order chi connectivity index (χ1) is 10.2. The Morgan fingerprint density at radius 2 is 2.33 bits per heavy atom. The average molecular weight is 290 g/mol. The molecule has 116 valence electrons. The highest BCUT2D eigenvalue weighted by Gasteiger charge is 2.29. The van der Waals surface area contributed by atoms with Crippen LogP contribution in [0, 0.1) is 0 Å². The molecule has 1 amide bonds. The van der Waals surface area contributed by atoms with Gasteiger partial charge in [-0.2, -0.15) is 0 Å². The zero-order valence-electron chi connectivity index (χ0n) is 13.3. The van der Waals surface area contributed by atoms with Crippen molar-refractivity contribution in [2.45, 2.75) is 38.6 Å². The third kappa shape index (κ3) is 3.76. The van der Waals surface area contributed by atoms with Crippen LogP contribution in [0.5, 0.6) is 5.75 Å². The maximum Gasteiger partial charge on any atom is 0.230 e. The summed E-state index contributed by atoms with van der Waals surface area (Å²) >= 11 is 0. The van der Waals surface area contributed by atoms with Gasteiger partial charge in [-0.05, 0) is 44.0 Å². The summed E-state index contributed by atoms with van der Waals surface area (Å²) in [5.41, 5.74) is 1.02. The lowest BCUT2D eigenvalue weighted by molar-refractivity contribution is -0.134. The first-order valence-electron chi connectivity index (χ1n) is 7.82. The lowest BCUT2D eigenvalue weighted by Crippen LogP contribution is -2.44. The van der Waals surface area contributed by atoms with Crippen LogP contribution in [0.2, 0.25) is 0 Å². The van der Waals surface area contributed by atoms with Gasteiger partial charge < -0.3 is 15.0 Å². The van der Waals surface area contributed by atoms with E-state index in [1.54, 1.807) is 7.11 Å². The van der Waals surface area contributed by atoms with Crippen LogP contribution < -0.4 is 10.1 Å². The summed E-state index contributed by atoms with van der Waals surface area (Å²) in [5, 5.41) is 3.35. The third-order valence-corrected chi connectivity index (χ3v) is 4.19. The molecule has 0 aromatic heterocycles. The highest BCUT2D eigenvalue weighted by atomic mass is 16.5. The molecule has 1 heterocycles. The number of amides is 1. The highest BCUT2D eigenvalue weighted by molar-refractivity contribution is 5.83. The van der Waals surface area contributed by atoms with Crippen LogP contribution in [0.3, 0.4) is 0 Å². The van der Waals surface area contributed by atoms with E-state index in [2.05, 4.69) is 17.1 Å². The topological polar surface area (TPSA) is 41.6 Å². The summed E-state index contributed by atoms with van der Waals surface area (Å²) in [5.74, 6) is 0.891. The Morgan fingerprint density at radius 3 is 2.95 bits per heavy atom. The van der Waals surface area contributed by atoms with Crippen LogP contribution in [0.25, 0.3) is 0 Å². The first-order valence-corrected chi connectivity index (χ1v) is 7.82. The maximum atomic E-state index is 12.9. The number of methoxy groups -OCH3 is 1. The number of benzene rings is 1. The minimum atomic E-state index is -0.132. The quantitative estimate of drug-likeness (QED) is 0.874. The summed E-state index contributed by atoms with van der Waals surface area (Å²) in [4.78, 5) is 14.9. The van der Waals surface area contributed by atoms with Crippen molar-refractivity contribution >= 4 is 5.91 Å². The monoisotopic (exact) mass is 290 g/mol. The van der Waals surface area contributed by atoms with Gasteiger partial charge in [0, 0.05) is 19.1 Å². The van der Waals surface area contributed by atoms with Gasteiger partial charge in [-0.1, -0.05) is 19.1 Å². The Labute approximate surface area is 127 Å². The lowest BCUT2D eigenvalue weighted by atomic mass is 9.98. The number of carbonyl (C=O) groups excluding carboxylic acids is 1. The minimum absolute atomic E-state index is 0.132. The van der Waals surface area contributed by atoms with Gasteiger partial charge in [0.05, 0.1) is 13.0 Å². The van der Waals surface area contributed by atoms with Gasteiger partial charge >= 0.3 is 0 Å². The van der Waals surface area contributed by atoms with Crippen LogP contribution in [0.4, 0.5) is 0 Å². The van der Waals surface area contributed by atoms with Crippen molar-refractivity contribution in [2.75, 3.05) is 26.7 Å². The number of nitrogens with one attached hydrogen (secondary N) is 1. The normalized spacial score (nSPS) is 19.3. The van der Waals surface area contributed by atoms with Crippen LogP contribution >= 0.6 is 0 Å². The molecular weight excluding hydrogens is 264 g/mol. The van der Waals surface area contributed by atoms with Gasteiger partial charge in [0.25, 0.3) is 0 Å². The molecule has 0 bridgehead atoms. The van der Waals surface area contributed by atoms with Crippen molar-refractivity contribution < 1.29 is 9.53 Å². The summed E-state index contributed by atoms with van der Waals surface area (Å²) in [6.45, 7) is 6.86. The maximum absolute atomic E-state index is 12.9. The van der Waals surface area contributed by atoms with E-state index in [9.17, 15) is 4.79 Å². The SMILES string of the molecule is CCCN(C(=O)C(C)c1cccc(OC)c1)C1CCNC1. The average Bonchev–Trinajstić information content (AvgIpc) is 3.05. The first kappa shape index (κ1) is 15.8. The molecule has 1 aliphatic rings. The Bertz CT molecular complexity index is 470. The van der Waals surface area contributed by atoms with Gasteiger partial charge in [0.2, 0.25) is 5.91 Å². The van der Waals surface area contributed by atoms with E-state index in [4.69, 9.17) is 4.74 Å². The third-order valence-electron chi connectivity index (χ3n) is 4.19. The molecule has 0 aliphatic carbocycles. The minimum Gasteiger partial charge on any atom is -0.497 e. The Hall–Kier alpha value is -1.55. The van der Waals surface area contributed by atoms with Gasteiger partial charge in [0.1, 0.15) is 5.75 Å². The van der Waals surface area contributed by atoms with E-state index in [-0.39, 0.29) is 11.8 Å². The fourth-order valence-corrected chi connectivity index (χ4v) is 2.92. The molecule has 1 fully saturated rings. The van der Waals surface area contributed by atoms with Crippen LogP contribution in [-0.2, 0) is 4.79 Å². The molecule has 4 heteroatoms.